The van der Waals surface area contributed by atoms with Crippen LogP contribution in [-0.2, 0) is 7.05 Å². The first-order valence-electron chi connectivity index (χ1n) is 5.32. The highest BCUT2D eigenvalue weighted by Crippen LogP contribution is 2.13. The van der Waals surface area contributed by atoms with Crippen LogP contribution in [0.1, 0.15) is 25.5 Å². The van der Waals surface area contributed by atoms with Crippen LogP contribution in [0.3, 0.4) is 0 Å². The average molecular weight is 234 g/mol. The van der Waals surface area contributed by atoms with Crippen LogP contribution in [0.25, 0.3) is 11.2 Å². The molecule has 0 saturated heterocycles. The van der Waals surface area contributed by atoms with Crippen molar-refractivity contribution < 1.29 is 4.74 Å². The zero-order valence-corrected chi connectivity index (χ0v) is 10.3. The molecule has 0 amide bonds. The van der Waals surface area contributed by atoms with Crippen LogP contribution >= 0.6 is 0 Å². The molecule has 0 aliphatic rings. The van der Waals surface area contributed by atoms with E-state index in [4.69, 9.17) is 4.74 Å². The van der Waals surface area contributed by atoms with E-state index in [9.17, 15) is 4.79 Å². The van der Waals surface area contributed by atoms with E-state index in [1.807, 2.05) is 13.8 Å². The van der Waals surface area contributed by atoms with Crippen LogP contribution in [-0.4, -0.2) is 26.6 Å². The largest absolute Gasteiger partial charge is 0.467 e. The molecule has 0 bridgehead atoms. The summed E-state index contributed by atoms with van der Waals surface area (Å²) < 4.78 is 6.40. The first kappa shape index (κ1) is 11.5. The Morgan fingerprint density at radius 1 is 1.35 bits per heavy atom. The summed E-state index contributed by atoms with van der Waals surface area (Å²) in [4.78, 5) is 24.4. The van der Waals surface area contributed by atoms with Gasteiger partial charge < -0.3 is 4.74 Å². The molecule has 0 unspecified atom stereocenters. The van der Waals surface area contributed by atoms with E-state index < -0.39 is 0 Å². The van der Waals surface area contributed by atoms with Gasteiger partial charge in [-0.25, -0.2) is 9.97 Å². The second-order valence-electron chi connectivity index (χ2n) is 4.08. The van der Waals surface area contributed by atoms with Crippen molar-refractivity contribution in [2.75, 3.05) is 7.11 Å². The van der Waals surface area contributed by atoms with Gasteiger partial charge in [0.1, 0.15) is 11.2 Å². The van der Waals surface area contributed by atoms with Gasteiger partial charge in [-0.05, 0) is 0 Å². The van der Waals surface area contributed by atoms with Crippen molar-refractivity contribution in [1.82, 2.24) is 19.5 Å². The van der Waals surface area contributed by atoms with Crippen LogP contribution < -0.4 is 10.3 Å². The van der Waals surface area contributed by atoms with Gasteiger partial charge in [0.2, 0.25) is 0 Å². The first-order valence-corrected chi connectivity index (χ1v) is 5.32. The molecule has 2 aromatic heterocycles. The number of rotatable bonds is 2. The lowest BCUT2D eigenvalue weighted by Gasteiger charge is -2.09. The minimum Gasteiger partial charge on any atom is -0.467 e. The highest BCUT2D eigenvalue weighted by atomic mass is 16.5. The Kier molecular flexibility index (Phi) is 2.79. The lowest BCUT2D eigenvalue weighted by molar-refractivity contribution is 0.381. The maximum atomic E-state index is 12.0. The van der Waals surface area contributed by atoms with Gasteiger partial charge in [0.05, 0.1) is 13.3 Å². The van der Waals surface area contributed by atoms with Crippen LogP contribution in [0.5, 0.6) is 6.01 Å². The van der Waals surface area contributed by atoms with E-state index in [1.54, 1.807) is 13.2 Å². The standard InChI is InChI=1S/C11H14N4O2/c1-6(2)8-10(16)15(3)9-7(13-8)5-12-11(14-9)17-4/h5-6H,1-4H3. The SMILES string of the molecule is COc1ncc2nc(C(C)C)c(=O)n(C)c2n1. The number of fused-ring (bicyclic) bond motifs is 1. The van der Waals surface area contributed by atoms with Gasteiger partial charge in [-0.3, -0.25) is 9.36 Å². The molecule has 2 aromatic rings. The minimum absolute atomic E-state index is 0.0696. The summed E-state index contributed by atoms with van der Waals surface area (Å²) in [7, 11) is 3.15. The Balaban J connectivity index is 2.81. The molecule has 6 heteroatoms. The highest BCUT2D eigenvalue weighted by Gasteiger charge is 2.13. The number of nitrogens with zero attached hydrogens (tertiary/aromatic N) is 4. The van der Waals surface area contributed by atoms with Crippen LogP contribution in [0, 0.1) is 0 Å². The Morgan fingerprint density at radius 3 is 2.65 bits per heavy atom. The van der Waals surface area contributed by atoms with Crippen molar-refractivity contribution in [3.63, 3.8) is 0 Å². The van der Waals surface area contributed by atoms with E-state index >= 15 is 0 Å². The molecule has 2 heterocycles. The predicted octanol–water partition coefficient (Wildman–Crippen LogP) is 0.855. The summed E-state index contributed by atoms with van der Waals surface area (Å²) in [5.41, 5.74) is 1.46. The molecule has 0 fully saturated rings. The maximum Gasteiger partial charge on any atom is 0.318 e. The Bertz CT molecular complexity index is 619. The lowest BCUT2D eigenvalue weighted by atomic mass is 10.1. The summed E-state index contributed by atoms with van der Waals surface area (Å²) in [6.45, 7) is 3.86. The van der Waals surface area contributed by atoms with Crippen molar-refractivity contribution in [1.29, 1.82) is 0 Å². The fraction of sp³-hybridized carbons (Fsp3) is 0.455. The third-order valence-corrected chi connectivity index (χ3v) is 2.54. The monoisotopic (exact) mass is 234 g/mol. The minimum atomic E-state index is -0.131. The summed E-state index contributed by atoms with van der Waals surface area (Å²) in [6, 6.07) is 0.228. The highest BCUT2D eigenvalue weighted by molar-refractivity contribution is 5.69. The van der Waals surface area contributed by atoms with Crippen LogP contribution in [0.4, 0.5) is 0 Å². The van der Waals surface area contributed by atoms with Crippen molar-refractivity contribution in [2.24, 2.45) is 7.05 Å². The molecular weight excluding hydrogens is 220 g/mol. The maximum absolute atomic E-state index is 12.0. The predicted molar refractivity (Wildman–Crippen MR) is 63.2 cm³/mol. The van der Waals surface area contributed by atoms with Crippen LogP contribution in [0.15, 0.2) is 11.0 Å². The zero-order valence-electron chi connectivity index (χ0n) is 10.3. The van der Waals surface area contributed by atoms with E-state index in [-0.39, 0.29) is 17.5 Å². The molecule has 0 radical (unpaired) electrons. The fourth-order valence-corrected chi connectivity index (χ4v) is 1.60. The smallest absolute Gasteiger partial charge is 0.318 e. The normalized spacial score (nSPS) is 11.1. The summed E-state index contributed by atoms with van der Waals surface area (Å²) in [5, 5.41) is 0. The number of methoxy groups -OCH3 is 1. The first-order chi connectivity index (χ1) is 8.04. The van der Waals surface area contributed by atoms with Gasteiger partial charge in [-0.1, -0.05) is 13.8 Å². The second-order valence-corrected chi connectivity index (χ2v) is 4.08. The molecule has 0 spiro atoms. The molecule has 0 N–H and O–H groups in total. The number of aromatic nitrogens is 4. The molecular formula is C11H14N4O2. The average Bonchev–Trinajstić information content (AvgIpc) is 2.33. The van der Waals surface area contributed by atoms with Gasteiger partial charge in [0, 0.05) is 13.0 Å². The molecule has 0 aliphatic carbocycles. The van der Waals surface area contributed by atoms with E-state index in [2.05, 4.69) is 15.0 Å². The van der Waals surface area contributed by atoms with Crippen molar-refractivity contribution in [3.05, 3.63) is 22.2 Å². The molecule has 0 aliphatic heterocycles. The Labute approximate surface area is 98.3 Å². The van der Waals surface area contributed by atoms with Gasteiger partial charge in [-0.15, -0.1) is 0 Å². The van der Waals surface area contributed by atoms with Gasteiger partial charge in [-0.2, -0.15) is 4.98 Å². The van der Waals surface area contributed by atoms with Crippen molar-refractivity contribution >= 4 is 11.2 Å². The molecule has 17 heavy (non-hydrogen) atoms. The lowest BCUT2D eigenvalue weighted by Crippen LogP contribution is -2.25. The van der Waals surface area contributed by atoms with Crippen molar-refractivity contribution in [2.45, 2.75) is 19.8 Å². The van der Waals surface area contributed by atoms with Crippen LogP contribution in [0.2, 0.25) is 0 Å². The van der Waals surface area contributed by atoms with E-state index in [0.717, 1.165) is 0 Å². The number of aryl methyl sites for hydroxylation is 1. The molecule has 6 nitrogen and oxygen atoms in total. The zero-order chi connectivity index (χ0) is 12.6. The second kappa shape index (κ2) is 4.12. The van der Waals surface area contributed by atoms with E-state index in [1.165, 1.54) is 11.7 Å². The third-order valence-electron chi connectivity index (χ3n) is 2.54. The Hall–Kier alpha value is -1.98. The molecule has 0 atom stereocenters. The number of hydrogen-bond acceptors (Lipinski definition) is 5. The van der Waals surface area contributed by atoms with Gasteiger partial charge >= 0.3 is 6.01 Å². The molecule has 2 rings (SSSR count). The molecule has 0 aromatic carbocycles. The fourth-order valence-electron chi connectivity index (χ4n) is 1.60. The quantitative estimate of drug-likeness (QED) is 0.770. The van der Waals surface area contributed by atoms with Gasteiger partial charge in [0.25, 0.3) is 5.56 Å². The summed E-state index contributed by atoms with van der Waals surface area (Å²) in [5.74, 6) is 0.0696. The number of hydrogen-bond donors (Lipinski definition) is 0. The Morgan fingerprint density at radius 2 is 2.06 bits per heavy atom. The molecule has 90 valence electrons. The number of ether oxygens (including phenoxy) is 1. The van der Waals surface area contributed by atoms with Gasteiger partial charge in [0.15, 0.2) is 5.65 Å². The summed E-state index contributed by atoms with van der Waals surface area (Å²) in [6.07, 6.45) is 1.56. The van der Waals surface area contributed by atoms with E-state index in [0.29, 0.717) is 16.9 Å². The van der Waals surface area contributed by atoms with Crippen molar-refractivity contribution in [3.8, 4) is 6.01 Å². The molecule has 0 saturated carbocycles. The third kappa shape index (κ3) is 1.86. The topological polar surface area (TPSA) is 69.9 Å². The summed E-state index contributed by atoms with van der Waals surface area (Å²) >= 11 is 0.